The van der Waals surface area contributed by atoms with E-state index in [1.165, 1.54) is 0 Å². The molecule has 4 rings (SSSR count). The standard InChI is InChI=1S/C25H30N4O3/c1-5-28-21-13-12-19(32-4)15-20(21)23(29-14-6-7-22(29)30)24(28)25(31)26-16-17-8-10-18(11-9-17)27(2)3/h8-13,15H,5-7,14,16H2,1-4H3,(H,26,31). The molecular formula is C25H30N4O3. The van der Waals surface area contributed by atoms with Gasteiger partial charge in [-0.05, 0) is 49.2 Å². The number of rotatable bonds is 7. The summed E-state index contributed by atoms with van der Waals surface area (Å²) in [6.45, 7) is 3.65. The van der Waals surface area contributed by atoms with Crippen molar-refractivity contribution in [3.8, 4) is 5.75 Å². The number of fused-ring (bicyclic) bond motifs is 1. The molecule has 1 saturated heterocycles. The fourth-order valence-electron chi connectivity index (χ4n) is 4.34. The van der Waals surface area contributed by atoms with Gasteiger partial charge in [-0.1, -0.05) is 12.1 Å². The van der Waals surface area contributed by atoms with Crippen molar-refractivity contribution in [2.45, 2.75) is 32.9 Å². The van der Waals surface area contributed by atoms with Gasteiger partial charge in [0.05, 0.1) is 18.3 Å². The Morgan fingerprint density at radius 2 is 1.91 bits per heavy atom. The average molecular weight is 435 g/mol. The van der Waals surface area contributed by atoms with Crippen molar-refractivity contribution >= 4 is 34.1 Å². The number of hydrogen-bond acceptors (Lipinski definition) is 4. The third-order valence-electron chi connectivity index (χ3n) is 6.02. The summed E-state index contributed by atoms with van der Waals surface area (Å²) in [6, 6.07) is 13.9. The normalized spacial score (nSPS) is 13.6. The number of methoxy groups -OCH3 is 1. The number of nitrogens with one attached hydrogen (secondary N) is 1. The zero-order valence-corrected chi connectivity index (χ0v) is 19.1. The molecule has 0 radical (unpaired) electrons. The zero-order valence-electron chi connectivity index (χ0n) is 19.1. The van der Waals surface area contributed by atoms with Gasteiger partial charge in [0.2, 0.25) is 5.91 Å². The molecule has 0 saturated carbocycles. The lowest BCUT2D eigenvalue weighted by Gasteiger charge is -2.18. The van der Waals surface area contributed by atoms with Crippen LogP contribution in [0.1, 0.15) is 35.8 Å². The number of aromatic nitrogens is 1. The van der Waals surface area contributed by atoms with Crippen LogP contribution in [-0.2, 0) is 17.9 Å². The number of carbonyl (C=O) groups excluding carboxylic acids is 2. The minimum atomic E-state index is -0.187. The van der Waals surface area contributed by atoms with Gasteiger partial charge in [-0.25, -0.2) is 0 Å². The number of ether oxygens (including phenoxy) is 1. The van der Waals surface area contributed by atoms with E-state index in [-0.39, 0.29) is 11.8 Å². The number of benzene rings is 2. The van der Waals surface area contributed by atoms with Crippen molar-refractivity contribution in [2.24, 2.45) is 0 Å². The Hall–Kier alpha value is -3.48. The van der Waals surface area contributed by atoms with Crippen molar-refractivity contribution in [1.29, 1.82) is 0 Å². The van der Waals surface area contributed by atoms with Crippen LogP contribution in [0, 0.1) is 0 Å². The van der Waals surface area contributed by atoms with E-state index in [0.29, 0.717) is 43.2 Å². The van der Waals surface area contributed by atoms with E-state index in [9.17, 15) is 9.59 Å². The summed E-state index contributed by atoms with van der Waals surface area (Å²) < 4.78 is 7.41. The number of nitrogens with zero attached hydrogens (tertiary/aromatic N) is 3. The highest BCUT2D eigenvalue weighted by molar-refractivity contribution is 6.14. The summed E-state index contributed by atoms with van der Waals surface area (Å²) in [5.74, 6) is 0.566. The highest BCUT2D eigenvalue weighted by atomic mass is 16.5. The second kappa shape index (κ2) is 8.94. The Kier molecular flexibility index (Phi) is 6.08. The van der Waals surface area contributed by atoms with Crippen LogP contribution in [0.3, 0.4) is 0 Å². The minimum absolute atomic E-state index is 0.0521. The highest BCUT2D eigenvalue weighted by Gasteiger charge is 2.31. The molecule has 168 valence electrons. The molecule has 2 heterocycles. The first-order valence-corrected chi connectivity index (χ1v) is 11.0. The molecule has 0 bridgehead atoms. The monoisotopic (exact) mass is 434 g/mol. The summed E-state index contributed by atoms with van der Waals surface area (Å²) in [7, 11) is 5.61. The van der Waals surface area contributed by atoms with Crippen LogP contribution in [0.4, 0.5) is 11.4 Å². The van der Waals surface area contributed by atoms with Crippen molar-refractivity contribution in [3.05, 3.63) is 53.7 Å². The van der Waals surface area contributed by atoms with E-state index in [1.807, 2.05) is 73.0 Å². The molecule has 2 amide bonds. The topological polar surface area (TPSA) is 66.8 Å². The molecule has 7 nitrogen and oxygen atoms in total. The van der Waals surface area contributed by atoms with Crippen LogP contribution >= 0.6 is 0 Å². The predicted octanol–water partition coefficient (Wildman–Crippen LogP) is 3.79. The van der Waals surface area contributed by atoms with E-state index < -0.39 is 0 Å². The minimum Gasteiger partial charge on any atom is -0.497 e. The van der Waals surface area contributed by atoms with Gasteiger partial charge >= 0.3 is 0 Å². The molecule has 0 aliphatic carbocycles. The lowest BCUT2D eigenvalue weighted by molar-refractivity contribution is -0.117. The first kappa shape index (κ1) is 21.7. The third kappa shape index (κ3) is 3.90. The van der Waals surface area contributed by atoms with Gasteiger partial charge in [-0.2, -0.15) is 0 Å². The van der Waals surface area contributed by atoms with Gasteiger partial charge in [0.15, 0.2) is 0 Å². The zero-order chi connectivity index (χ0) is 22.8. The molecule has 1 fully saturated rings. The Balaban J connectivity index is 1.72. The SMILES string of the molecule is CCn1c(C(=O)NCc2ccc(N(C)C)cc2)c(N2CCCC2=O)c2cc(OC)ccc21. The fourth-order valence-corrected chi connectivity index (χ4v) is 4.34. The largest absolute Gasteiger partial charge is 0.497 e. The molecule has 7 heteroatoms. The summed E-state index contributed by atoms with van der Waals surface area (Å²) >= 11 is 0. The van der Waals surface area contributed by atoms with Gasteiger partial charge in [-0.3, -0.25) is 9.59 Å². The van der Waals surface area contributed by atoms with E-state index in [1.54, 1.807) is 12.0 Å². The molecule has 2 aromatic carbocycles. The van der Waals surface area contributed by atoms with Gasteiger partial charge in [0.25, 0.3) is 5.91 Å². The number of anilines is 2. The first-order valence-electron chi connectivity index (χ1n) is 11.0. The van der Waals surface area contributed by atoms with Gasteiger partial charge in [0, 0.05) is 51.2 Å². The molecule has 1 aliphatic rings. The molecule has 0 unspecified atom stereocenters. The second-order valence-corrected chi connectivity index (χ2v) is 8.22. The van der Waals surface area contributed by atoms with Crippen molar-refractivity contribution < 1.29 is 14.3 Å². The molecule has 1 N–H and O–H groups in total. The van der Waals surface area contributed by atoms with Crippen LogP contribution in [0.2, 0.25) is 0 Å². The van der Waals surface area contributed by atoms with Crippen LogP contribution in [-0.4, -0.2) is 44.1 Å². The lowest BCUT2D eigenvalue weighted by Crippen LogP contribution is -2.30. The number of hydrogen-bond donors (Lipinski definition) is 1. The highest BCUT2D eigenvalue weighted by Crippen LogP contribution is 2.38. The van der Waals surface area contributed by atoms with Gasteiger partial charge in [-0.15, -0.1) is 0 Å². The van der Waals surface area contributed by atoms with Crippen LogP contribution in [0.25, 0.3) is 10.9 Å². The van der Waals surface area contributed by atoms with E-state index in [0.717, 1.165) is 28.6 Å². The number of amides is 2. The summed E-state index contributed by atoms with van der Waals surface area (Å²) in [6.07, 6.45) is 1.29. The molecule has 0 atom stereocenters. The van der Waals surface area contributed by atoms with Crippen molar-refractivity contribution in [2.75, 3.05) is 37.5 Å². The molecule has 3 aromatic rings. The van der Waals surface area contributed by atoms with E-state index in [4.69, 9.17) is 4.74 Å². The average Bonchev–Trinajstić information content (AvgIpc) is 3.37. The molecule has 1 aromatic heterocycles. The second-order valence-electron chi connectivity index (χ2n) is 8.22. The quantitative estimate of drug-likeness (QED) is 0.614. The number of aryl methyl sites for hydroxylation is 1. The Bertz CT molecular complexity index is 1150. The molecule has 32 heavy (non-hydrogen) atoms. The fraction of sp³-hybridized carbons (Fsp3) is 0.360. The van der Waals surface area contributed by atoms with Crippen LogP contribution in [0.5, 0.6) is 5.75 Å². The van der Waals surface area contributed by atoms with Gasteiger partial charge in [0.1, 0.15) is 11.4 Å². The summed E-state index contributed by atoms with van der Waals surface area (Å²) in [4.78, 5) is 29.9. The summed E-state index contributed by atoms with van der Waals surface area (Å²) in [5, 5.41) is 3.93. The molecular weight excluding hydrogens is 404 g/mol. The molecule has 0 spiro atoms. The van der Waals surface area contributed by atoms with E-state index >= 15 is 0 Å². The maximum Gasteiger partial charge on any atom is 0.270 e. The first-order chi connectivity index (χ1) is 15.4. The number of carbonyl (C=O) groups is 2. The van der Waals surface area contributed by atoms with E-state index in [2.05, 4.69) is 5.32 Å². The smallest absolute Gasteiger partial charge is 0.270 e. The van der Waals surface area contributed by atoms with Gasteiger partial charge < -0.3 is 24.4 Å². The Morgan fingerprint density at radius 1 is 1.16 bits per heavy atom. The van der Waals surface area contributed by atoms with Crippen molar-refractivity contribution in [3.63, 3.8) is 0 Å². The lowest BCUT2D eigenvalue weighted by atomic mass is 10.1. The Labute approximate surface area is 188 Å². The Morgan fingerprint density at radius 3 is 2.50 bits per heavy atom. The maximum absolute atomic E-state index is 13.5. The molecule has 1 aliphatic heterocycles. The van der Waals surface area contributed by atoms with Crippen molar-refractivity contribution in [1.82, 2.24) is 9.88 Å². The third-order valence-corrected chi connectivity index (χ3v) is 6.02. The predicted molar refractivity (Wildman–Crippen MR) is 128 cm³/mol. The van der Waals surface area contributed by atoms with Crippen LogP contribution in [0.15, 0.2) is 42.5 Å². The van der Waals surface area contributed by atoms with Crippen LogP contribution < -0.4 is 19.9 Å². The summed E-state index contributed by atoms with van der Waals surface area (Å²) in [5.41, 5.74) is 4.25. The maximum atomic E-state index is 13.5.